The third-order valence-electron chi connectivity index (χ3n) is 7.49. The van der Waals surface area contributed by atoms with Crippen LogP contribution in [0.25, 0.3) is 0 Å². The summed E-state index contributed by atoms with van der Waals surface area (Å²) in [7, 11) is -2.94. The Morgan fingerprint density at radius 1 is 0.812 bits per heavy atom. The molecule has 0 amide bonds. The predicted molar refractivity (Wildman–Crippen MR) is 128 cm³/mol. The number of hydrogen-bond donors (Lipinski definition) is 0. The van der Waals surface area contributed by atoms with E-state index in [0.717, 1.165) is 16.5 Å². The minimum Gasteiger partial charge on any atom is -0.461 e. The molecule has 0 bridgehead atoms. The van der Waals surface area contributed by atoms with Gasteiger partial charge in [0.15, 0.2) is 0 Å². The lowest BCUT2D eigenvalue weighted by atomic mass is 9.72. The molecule has 2 saturated carbocycles. The van der Waals surface area contributed by atoms with Crippen LogP contribution in [-0.2, 0) is 24.6 Å². The Morgan fingerprint density at radius 2 is 1.34 bits per heavy atom. The number of benzene rings is 1. The molecule has 32 heavy (non-hydrogen) atoms. The van der Waals surface area contributed by atoms with Crippen molar-refractivity contribution in [2.45, 2.75) is 97.4 Å². The van der Waals surface area contributed by atoms with E-state index in [1.807, 2.05) is 20.8 Å². The minimum absolute atomic E-state index is 0.455. The van der Waals surface area contributed by atoms with Crippen LogP contribution >= 0.6 is 0 Å². The Kier molecular flexibility index (Phi) is 8.32. The van der Waals surface area contributed by atoms with Gasteiger partial charge in [0.1, 0.15) is 5.75 Å². The molecule has 1 heterocycles. The van der Waals surface area contributed by atoms with E-state index in [1.165, 1.54) is 64.2 Å². The summed E-state index contributed by atoms with van der Waals surface area (Å²) in [6, 6.07) is 6.37. The number of ether oxygens (including phenoxy) is 2. The van der Waals surface area contributed by atoms with E-state index in [1.54, 1.807) is 0 Å². The zero-order valence-corrected chi connectivity index (χ0v) is 21.3. The summed E-state index contributed by atoms with van der Waals surface area (Å²) in [5.74, 6) is 1.51. The van der Waals surface area contributed by atoms with Crippen molar-refractivity contribution in [3.05, 3.63) is 23.8 Å². The van der Waals surface area contributed by atoms with Crippen molar-refractivity contribution in [3.8, 4) is 5.75 Å². The van der Waals surface area contributed by atoms with E-state index in [9.17, 15) is 0 Å². The maximum atomic E-state index is 6.92. The van der Waals surface area contributed by atoms with Gasteiger partial charge in [-0.15, -0.1) is 0 Å². The molecule has 1 aromatic rings. The molecule has 180 valence electrons. The van der Waals surface area contributed by atoms with Crippen molar-refractivity contribution >= 4 is 14.0 Å². The number of rotatable bonds is 9. The van der Waals surface area contributed by atoms with Crippen molar-refractivity contribution in [2.75, 3.05) is 19.8 Å². The summed E-state index contributed by atoms with van der Waals surface area (Å²) in [6.45, 7) is 8.24. The van der Waals surface area contributed by atoms with Gasteiger partial charge in [0, 0.05) is 42.4 Å². The molecule has 0 radical (unpaired) electrons. The first-order valence-corrected chi connectivity index (χ1v) is 14.8. The molecule has 0 N–H and O–H groups in total. The Hall–Kier alpha value is -0.923. The molecule has 5 nitrogen and oxygen atoms in total. The average Bonchev–Trinajstić information content (AvgIpc) is 2.85. The first-order valence-electron chi connectivity index (χ1n) is 13.1. The van der Waals surface area contributed by atoms with Gasteiger partial charge in [-0.05, 0) is 58.6 Å². The van der Waals surface area contributed by atoms with E-state index in [4.69, 9.17) is 22.8 Å². The standard InChI is InChI=1S/C26H42O5Si/c1-4-28-32(29-5-2,30-6-3)24-17-18-25-21(19-24)20-27-26(31-25,22-13-9-7-10-14-22)23-15-11-8-12-16-23/h17-19,22-23H,4-16,20H2,1-3H3. The van der Waals surface area contributed by atoms with Crippen LogP contribution in [0.1, 0.15) is 90.5 Å². The van der Waals surface area contributed by atoms with Gasteiger partial charge in [-0.25, -0.2) is 0 Å². The fraction of sp³-hybridized carbons (Fsp3) is 0.769. The lowest BCUT2D eigenvalue weighted by Gasteiger charge is -2.50. The van der Waals surface area contributed by atoms with Crippen molar-refractivity contribution in [3.63, 3.8) is 0 Å². The normalized spacial score (nSPS) is 22.3. The van der Waals surface area contributed by atoms with Crippen LogP contribution in [0, 0.1) is 11.8 Å². The Balaban J connectivity index is 1.64. The molecule has 4 rings (SSSR count). The maximum absolute atomic E-state index is 6.92. The number of hydrogen-bond acceptors (Lipinski definition) is 5. The van der Waals surface area contributed by atoms with Gasteiger partial charge < -0.3 is 22.8 Å². The van der Waals surface area contributed by atoms with Crippen LogP contribution in [-0.4, -0.2) is 34.4 Å². The Bertz CT molecular complexity index is 692. The van der Waals surface area contributed by atoms with Crippen LogP contribution in [0.2, 0.25) is 0 Å². The summed E-state index contributed by atoms with van der Waals surface area (Å²) < 4.78 is 32.1. The third kappa shape index (κ3) is 4.80. The van der Waals surface area contributed by atoms with Crippen molar-refractivity contribution in [1.29, 1.82) is 0 Å². The van der Waals surface area contributed by atoms with Crippen molar-refractivity contribution in [2.24, 2.45) is 11.8 Å². The van der Waals surface area contributed by atoms with E-state index in [2.05, 4.69) is 18.2 Å². The lowest BCUT2D eigenvalue weighted by Crippen LogP contribution is -2.58. The van der Waals surface area contributed by atoms with Crippen LogP contribution in [0.5, 0.6) is 5.75 Å². The van der Waals surface area contributed by atoms with Gasteiger partial charge in [0.05, 0.1) is 6.61 Å². The smallest absolute Gasteiger partial charge is 0.461 e. The Labute approximate surface area is 195 Å². The highest BCUT2D eigenvalue weighted by Crippen LogP contribution is 2.49. The van der Waals surface area contributed by atoms with Crippen LogP contribution < -0.4 is 9.92 Å². The van der Waals surface area contributed by atoms with Gasteiger partial charge in [0.2, 0.25) is 5.79 Å². The number of fused-ring (bicyclic) bond motifs is 1. The lowest BCUT2D eigenvalue weighted by molar-refractivity contribution is -0.278. The summed E-state index contributed by atoms with van der Waals surface area (Å²) in [4.78, 5) is 0. The molecule has 0 atom stereocenters. The average molecular weight is 463 g/mol. The molecule has 1 aromatic carbocycles. The summed E-state index contributed by atoms with van der Waals surface area (Å²) in [5.41, 5.74) is 1.08. The monoisotopic (exact) mass is 462 g/mol. The molecular weight excluding hydrogens is 420 g/mol. The van der Waals surface area contributed by atoms with Crippen molar-refractivity contribution in [1.82, 2.24) is 0 Å². The second-order valence-electron chi connectivity index (χ2n) is 9.46. The van der Waals surface area contributed by atoms with Gasteiger partial charge in [-0.1, -0.05) is 44.6 Å². The molecule has 6 heteroatoms. The van der Waals surface area contributed by atoms with E-state index < -0.39 is 14.6 Å². The first kappa shape index (κ1) is 24.2. The minimum atomic E-state index is -2.94. The van der Waals surface area contributed by atoms with E-state index in [0.29, 0.717) is 38.3 Å². The molecule has 0 aromatic heterocycles. The highest BCUT2D eigenvalue weighted by Gasteiger charge is 2.52. The van der Waals surface area contributed by atoms with Gasteiger partial charge in [-0.3, -0.25) is 0 Å². The molecule has 0 saturated heterocycles. The highest BCUT2D eigenvalue weighted by atomic mass is 28.4. The second-order valence-corrected chi connectivity index (χ2v) is 12.0. The molecule has 1 aliphatic heterocycles. The van der Waals surface area contributed by atoms with Crippen LogP contribution in [0.3, 0.4) is 0 Å². The van der Waals surface area contributed by atoms with Crippen LogP contribution in [0.15, 0.2) is 18.2 Å². The maximum Gasteiger partial charge on any atom is 0.537 e. The molecule has 2 fully saturated rings. The van der Waals surface area contributed by atoms with E-state index >= 15 is 0 Å². The molecular formula is C26H42O5Si. The van der Waals surface area contributed by atoms with Gasteiger partial charge in [-0.2, -0.15) is 0 Å². The SMILES string of the molecule is CCO[Si](OCC)(OCC)c1ccc2c(c1)COC(C1CCCCC1)(C1CCCCC1)O2. The summed E-state index contributed by atoms with van der Waals surface area (Å²) in [5, 5.41) is 0.997. The molecule has 0 unspecified atom stereocenters. The van der Waals surface area contributed by atoms with Gasteiger partial charge >= 0.3 is 8.80 Å². The Morgan fingerprint density at radius 3 is 1.84 bits per heavy atom. The molecule has 2 aliphatic carbocycles. The van der Waals surface area contributed by atoms with Gasteiger partial charge in [0.25, 0.3) is 0 Å². The zero-order valence-electron chi connectivity index (χ0n) is 20.3. The summed E-state index contributed by atoms with van der Waals surface area (Å²) in [6.07, 6.45) is 12.7. The third-order valence-corrected chi connectivity index (χ3v) is 10.5. The van der Waals surface area contributed by atoms with E-state index in [-0.39, 0.29) is 0 Å². The largest absolute Gasteiger partial charge is 0.537 e. The fourth-order valence-corrected chi connectivity index (χ4v) is 8.59. The molecule has 0 spiro atoms. The summed E-state index contributed by atoms with van der Waals surface area (Å²) >= 11 is 0. The fourth-order valence-electron chi connectivity index (χ4n) is 6.06. The predicted octanol–water partition coefficient (Wildman–Crippen LogP) is 5.71. The second kappa shape index (κ2) is 11.0. The highest BCUT2D eigenvalue weighted by molar-refractivity contribution is 6.75. The van der Waals surface area contributed by atoms with Crippen molar-refractivity contribution < 1.29 is 22.8 Å². The van der Waals surface area contributed by atoms with Crippen LogP contribution in [0.4, 0.5) is 0 Å². The molecule has 3 aliphatic rings. The topological polar surface area (TPSA) is 46.2 Å². The quantitative estimate of drug-likeness (QED) is 0.440. The first-order chi connectivity index (χ1) is 15.7. The zero-order chi connectivity index (χ0) is 22.4.